The molecule has 0 aliphatic carbocycles. The Morgan fingerprint density at radius 2 is 2.06 bits per heavy atom. The number of hydrogen-bond donors (Lipinski definition) is 1. The van der Waals surface area contributed by atoms with E-state index in [1.54, 1.807) is 13.0 Å². The van der Waals surface area contributed by atoms with E-state index in [4.69, 9.17) is 4.74 Å². The van der Waals surface area contributed by atoms with Gasteiger partial charge in [0.2, 0.25) is 0 Å². The van der Waals surface area contributed by atoms with Gasteiger partial charge in [-0.3, -0.25) is 4.79 Å². The second-order valence-corrected chi connectivity index (χ2v) is 3.65. The van der Waals surface area contributed by atoms with Gasteiger partial charge in [0.1, 0.15) is 11.3 Å². The predicted octanol–water partition coefficient (Wildman–Crippen LogP) is 1.67. The van der Waals surface area contributed by atoms with Crippen LogP contribution in [0.3, 0.4) is 0 Å². The molecule has 5 nitrogen and oxygen atoms in total. The van der Waals surface area contributed by atoms with E-state index in [2.05, 4.69) is 4.74 Å². The molecule has 0 saturated carbocycles. The highest BCUT2D eigenvalue weighted by Crippen LogP contribution is 2.20. The number of phenolic OH excluding ortho intramolecular Hbond substituents is 1. The van der Waals surface area contributed by atoms with Crippen LogP contribution in [0, 0.1) is 0 Å². The number of carbonyl (C=O) groups is 2. The first-order chi connectivity index (χ1) is 8.58. The van der Waals surface area contributed by atoms with Gasteiger partial charge in [-0.25, -0.2) is 4.79 Å². The summed E-state index contributed by atoms with van der Waals surface area (Å²) in [5.74, 6) is -1.02. The Bertz CT molecular complexity index is 439. The van der Waals surface area contributed by atoms with Gasteiger partial charge in [0.05, 0.1) is 13.7 Å². The van der Waals surface area contributed by atoms with Gasteiger partial charge < -0.3 is 14.6 Å². The third-order valence-electron chi connectivity index (χ3n) is 2.40. The monoisotopic (exact) mass is 252 g/mol. The fraction of sp³-hybridized carbons (Fsp3) is 0.385. The van der Waals surface area contributed by atoms with Crippen molar-refractivity contribution < 1.29 is 24.2 Å². The summed E-state index contributed by atoms with van der Waals surface area (Å²) >= 11 is 0. The Labute approximate surface area is 105 Å². The van der Waals surface area contributed by atoms with Crippen LogP contribution in [-0.2, 0) is 20.7 Å². The van der Waals surface area contributed by atoms with E-state index in [-0.39, 0.29) is 30.3 Å². The van der Waals surface area contributed by atoms with Gasteiger partial charge in [0, 0.05) is 6.42 Å². The molecule has 1 aromatic rings. The van der Waals surface area contributed by atoms with Crippen LogP contribution in [0.15, 0.2) is 18.2 Å². The van der Waals surface area contributed by atoms with Crippen molar-refractivity contribution in [1.29, 1.82) is 0 Å². The van der Waals surface area contributed by atoms with E-state index in [0.29, 0.717) is 6.42 Å². The highest BCUT2D eigenvalue weighted by Gasteiger charge is 2.12. The molecule has 1 aromatic carbocycles. The van der Waals surface area contributed by atoms with Crippen molar-refractivity contribution in [2.75, 3.05) is 13.7 Å². The number of hydrogen-bond acceptors (Lipinski definition) is 5. The molecule has 1 rings (SSSR count). The lowest BCUT2D eigenvalue weighted by atomic mass is 10.1. The fourth-order valence-electron chi connectivity index (χ4n) is 1.46. The molecule has 0 aliphatic heterocycles. The standard InChI is InChI=1S/C13H16O5/c1-3-18-13(16)10-6-4-9(8-11(10)14)5-7-12(15)17-2/h4,6,8,14H,3,5,7H2,1-2H3. The molecule has 0 radical (unpaired) electrons. The Morgan fingerprint density at radius 3 is 2.61 bits per heavy atom. The first-order valence-electron chi connectivity index (χ1n) is 5.64. The lowest BCUT2D eigenvalue weighted by Gasteiger charge is -2.06. The third kappa shape index (κ3) is 3.76. The normalized spacial score (nSPS) is 9.89. The maximum Gasteiger partial charge on any atom is 0.341 e. The number of rotatable bonds is 5. The van der Waals surface area contributed by atoms with Crippen LogP contribution in [-0.4, -0.2) is 30.8 Å². The Kier molecular flexibility index (Phi) is 5.17. The maximum absolute atomic E-state index is 11.4. The molecule has 0 spiro atoms. The molecule has 5 heteroatoms. The second-order valence-electron chi connectivity index (χ2n) is 3.65. The average Bonchev–Trinajstić information content (AvgIpc) is 2.36. The lowest BCUT2D eigenvalue weighted by Crippen LogP contribution is -2.06. The van der Waals surface area contributed by atoms with Gasteiger partial charge in [-0.15, -0.1) is 0 Å². The predicted molar refractivity (Wildman–Crippen MR) is 64.4 cm³/mol. The molecule has 0 unspecified atom stereocenters. The Hall–Kier alpha value is -2.04. The molecule has 0 bridgehead atoms. The van der Waals surface area contributed by atoms with Crippen molar-refractivity contribution in [3.05, 3.63) is 29.3 Å². The molecule has 0 saturated heterocycles. The van der Waals surface area contributed by atoms with Crippen LogP contribution in [0.25, 0.3) is 0 Å². The minimum absolute atomic E-state index is 0.124. The van der Waals surface area contributed by atoms with Crippen LogP contribution in [0.4, 0.5) is 0 Å². The number of esters is 2. The van der Waals surface area contributed by atoms with E-state index >= 15 is 0 Å². The van der Waals surface area contributed by atoms with Gasteiger partial charge in [0.25, 0.3) is 0 Å². The van der Waals surface area contributed by atoms with E-state index in [9.17, 15) is 14.7 Å². The van der Waals surface area contributed by atoms with Crippen molar-refractivity contribution in [1.82, 2.24) is 0 Å². The van der Waals surface area contributed by atoms with E-state index in [0.717, 1.165) is 5.56 Å². The number of aryl methyl sites for hydroxylation is 1. The summed E-state index contributed by atoms with van der Waals surface area (Å²) in [7, 11) is 1.32. The van der Waals surface area contributed by atoms with Crippen LogP contribution in [0.1, 0.15) is 29.3 Å². The lowest BCUT2D eigenvalue weighted by molar-refractivity contribution is -0.140. The summed E-state index contributed by atoms with van der Waals surface area (Å²) < 4.78 is 9.31. The van der Waals surface area contributed by atoms with Gasteiger partial charge in [-0.2, -0.15) is 0 Å². The number of carbonyl (C=O) groups excluding carboxylic acids is 2. The molecule has 0 amide bonds. The zero-order valence-corrected chi connectivity index (χ0v) is 10.4. The Morgan fingerprint density at radius 1 is 1.33 bits per heavy atom. The van der Waals surface area contributed by atoms with Gasteiger partial charge in [-0.1, -0.05) is 6.07 Å². The summed E-state index contributed by atoms with van der Waals surface area (Å²) in [6.07, 6.45) is 0.679. The van der Waals surface area contributed by atoms with Crippen LogP contribution in [0.5, 0.6) is 5.75 Å². The van der Waals surface area contributed by atoms with Crippen molar-refractivity contribution in [2.45, 2.75) is 19.8 Å². The van der Waals surface area contributed by atoms with Crippen molar-refractivity contribution in [2.24, 2.45) is 0 Å². The molecule has 0 heterocycles. The van der Waals surface area contributed by atoms with E-state index in [1.807, 2.05) is 0 Å². The number of ether oxygens (including phenoxy) is 2. The SMILES string of the molecule is CCOC(=O)c1ccc(CCC(=O)OC)cc1O. The van der Waals surface area contributed by atoms with Gasteiger partial charge in [-0.05, 0) is 31.0 Å². The number of aromatic hydroxyl groups is 1. The van der Waals surface area contributed by atoms with Crippen LogP contribution < -0.4 is 0 Å². The quantitative estimate of drug-likeness (QED) is 0.807. The molecule has 1 N–H and O–H groups in total. The second kappa shape index (κ2) is 6.64. The van der Waals surface area contributed by atoms with Gasteiger partial charge in [0.15, 0.2) is 0 Å². The fourth-order valence-corrected chi connectivity index (χ4v) is 1.46. The highest BCUT2D eigenvalue weighted by molar-refractivity contribution is 5.92. The molecule has 98 valence electrons. The highest BCUT2D eigenvalue weighted by atomic mass is 16.5. The number of phenols is 1. The average molecular weight is 252 g/mol. The van der Waals surface area contributed by atoms with Crippen molar-refractivity contribution >= 4 is 11.9 Å². The molecule has 0 fully saturated rings. The smallest absolute Gasteiger partial charge is 0.341 e. The van der Waals surface area contributed by atoms with E-state index < -0.39 is 5.97 Å². The number of benzene rings is 1. The number of methoxy groups -OCH3 is 1. The Balaban J connectivity index is 2.73. The molecule has 0 atom stereocenters. The minimum atomic E-state index is -0.561. The third-order valence-corrected chi connectivity index (χ3v) is 2.40. The molecule has 0 aromatic heterocycles. The topological polar surface area (TPSA) is 72.8 Å². The van der Waals surface area contributed by atoms with Crippen LogP contribution in [0.2, 0.25) is 0 Å². The van der Waals surface area contributed by atoms with Crippen molar-refractivity contribution in [3.63, 3.8) is 0 Å². The molecule has 0 aliphatic rings. The first kappa shape index (κ1) is 14.0. The summed E-state index contributed by atoms with van der Waals surface area (Å²) in [4.78, 5) is 22.4. The molecule has 18 heavy (non-hydrogen) atoms. The minimum Gasteiger partial charge on any atom is -0.507 e. The summed E-state index contributed by atoms with van der Waals surface area (Å²) in [5, 5.41) is 9.69. The molecular weight excluding hydrogens is 236 g/mol. The maximum atomic E-state index is 11.4. The zero-order valence-electron chi connectivity index (χ0n) is 10.4. The largest absolute Gasteiger partial charge is 0.507 e. The summed E-state index contributed by atoms with van der Waals surface area (Å²) in [5.41, 5.74) is 0.879. The van der Waals surface area contributed by atoms with E-state index in [1.165, 1.54) is 19.2 Å². The summed E-state index contributed by atoms with van der Waals surface area (Å²) in [6.45, 7) is 1.95. The van der Waals surface area contributed by atoms with Crippen molar-refractivity contribution in [3.8, 4) is 5.75 Å². The first-order valence-corrected chi connectivity index (χ1v) is 5.64. The summed E-state index contributed by atoms with van der Waals surface area (Å²) in [6, 6.07) is 4.62. The van der Waals surface area contributed by atoms with Crippen LogP contribution >= 0.6 is 0 Å². The van der Waals surface area contributed by atoms with Gasteiger partial charge >= 0.3 is 11.9 Å². The zero-order chi connectivity index (χ0) is 13.5. The molecular formula is C13H16O5.